The van der Waals surface area contributed by atoms with E-state index >= 15 is 0 Å². The monoisotopic (exact) mass is 343 g/mol. The second-order valence-electron chi connectivity index (χ2n) is 6.31. The van der Waals surface area contributed by atoms with Crippen LogP contribution < -0.4 is 5.32 Å². The van der Waals surface area contributed by atoms with Gasteiger partial charge in [0.25, 0.3) is 0 Å². The van der Waals surface area contributed by atoms with Crippen LogP contribution in [-0.2, 0) is 23.0 Å². The molecule has 1 aliphatic rings. The molecule has 25 heavy (non-hydrogen) atoms. The molecule has 0 bridgehead atoms. The Morgan fingerprint density at radius 3 is 3.00 bits per heavy atom. The van der Waals surface area contributed by atoms with Crippen LogP contribution >= 0.6 is 0 Å². The number of carbonyl (C=O) groups excluding carboxylic acids is 1. The van der Waals surface area contributed by atoms with Crippen molar-refractivity contribution in [1.82, 2.24) is 19.7 Å². The van der Waals surface area contributed by atoms with Gasteiger partial charge in [-0.25, -0.2) is 4.98 Å². The Bertz CT molecular complexity index is 743. The highest BCUT2D eigenvalue weighted by atomic mass is 16.5. The molecule has 1 saturated heterocycles. The fourth-order valence-electron chi connectivity index (χ4n) is 3.12. The van der Waals surface area contributed by atoms with Gasteiger partial charge >= 0.3 is 0 Å². The largest absolute Gasteiger partial charge is 0.373 e. The van der Waals surface area contributed by atoms with Crippen LogP contribution in [0.15, 0.2) is 24.4 Å². The van der Waals surface area contributed by atoms with E-state index in [1.165, 1.54) is 0 Å². The maximum atomic E-state index is 12.6. The third-order valence-electron chi connectivity index (χ3n) is 4.50. The number of aryl methyl sites for hydroxylation is 3. The number of rotatable bonds is 5. The smallest absolute Gasteiger partial charge is 0.223 e. The molecule has 0 aliphatic carbocycles. The molecule has 134 valence electrons. The van der Waals surface area contributed by atoms with E-state index in [9.17, 15) is 4.79 Å². The van der Waals surface area contributed by atoms with Gasteiger partial charge in [0.2, 0.25) is 5.91 Å². The lowest BCUT2D eigenvalue weighted by atomic mass is 10.1. The number of nitrogens with zero attached hydrogens (tertiary/aromatic N) is 4. The summed E-state index contributed by atoms with van der Waals surface area (Å²) in [6.45, 7) is 3.69. The van der Waals surface area contributed by atoms with Crippen molar-refractivity contribution in [3.63, 3.8) is 0 Å². The highest BCUT2D eigenvalue weighted by Gasteiger charge is 2.26. The first kappa shape index (κ1) is 17.4. The lowest BCUT2D eigenvalue weighted by molar-refractivity contribution is -0.139. The van der Waals surface area contributed by atoms with Crippen molar-refractivity contribution < 1.29 is 9.53 Å². The number of pyridine rings is 1. The topological polar surface area (TPSA) is 72.3 Å². The van der Waals surface area contributed by atoms with Crippen LogP contribution in [-0.4, -0.2) is 52.3 Å². The summed E-state index contributed by atoms with van der Waals surface area (Å²) in [6.07, 6.45) is 3.01. The van der Waals surface area contributed by atoms with Crippen LogP contribution in [0.3, 0.4) is 0 Å². The number of carbonyl (C=O) groups is 1. The maximum absolute atomic E-state index is 12.6. The second-order valence-corrected chi connectivity index (χ2v) is 6.31. The Hall–Kier alpha value is -2.41. The molecule has 1 aliphatic heterocycles. The zero-order chi connectivity index (χ0) is 17.8. The first-order chi connectivity index (χ1) is 12.1. The van der Waals surface area contributed by atoms with Gasteiger partial charge in [0.15, 0.2) is 0 Å². The van der Waals surface area contributed by atoms with Crippen molar-refractivity contribution in [3.8, 4) is 0 Å². The summed E-state index contributed by atoms with van der Waals surface area (Å²) in [5.41, 5.74) is 2.97. The van der Waals surface area contributed by atoms with Gasteiger partial charge in [-0.2, -0.15) is 5.10 Å². The number of aromatic nitrogens is 3. The lowest BCUT2D eigenvalue weighted by Gasteiger charge is -2.33. The van der Waals surface area contributed by atoms with Crippen LogP contribution in [0.25, 0.3) is 0 Å². The van der Waals surface area contributed by atoms with Crippen molar-refractivity contribution >= 4 is 11.7 Å². The van der Waals surface area contributed by atoms with Crippen molar-refractivity contribution in [2.75, 3.05) is 32.1 Å². The second kappa shape index (κ2) is 7.65. The van der Waals surface area contributed by atoms with E-state index in [1.54, 1.807) is 4.68 Å². The summed E-state index contributed by atoms with van der Waals surface area (Å²) in [5.74, 6) is 0.956. The number of morpholine rings is 1. The number of hydrogen-bond acceptors (Lipinski definition) is 5. The Morgan fingerprint density at radius 2 is 2.28 bits per heavy atom. The van der Waals surface area contributed by atoms with E-state index in [0.717, 1.165) is 22.8 Å². The van der Waals surface area contributed by atoms with Crippen molar-refractivity contribution in [2.45, 2.75) is 25.9 Å². The SMILES string of the molecule is CNc1cccc(C2CN(C(=O)CCc3cn(C)nc3C)CCO2)n1. The molecule has 0 spiro atoms. The minimum Gasteiger partial charge on any atom is -0.373 e. The minimum absolute atomic E-state index is 0.154. The molecule has 1 atom stereocenters. The molecule has 2 aromatic heterocycles. The third kappa shape index (κ3) is 4.17. The summed E-state index contributed by atoms with van der Waals surface area (Å²) in [5, 5.41) is 7.36. The predicted octanol–water partition coefficient (Wildman–Crippen LogP) is 1.70. The summed E-state index contributed by atoms with van der Waals surface area (Å²) < 4.78 is 7.62. The fourth-order valence-corrected chi connectivity index (χ4v) is 3.12. The van der Waals surface area contributed by atoms with Crippen molar-refractivity contribution in [3.05, 3.63) is 41.3 Å². The molecule has 1 unspecified atom stereocenters. The van der Waals surface area contributed by atoms with Gasteiger partial charge in [-0.15, -0.1) is 0 Å². The molecule has 2 aromatic rings. The van der Waals surface area contributed by atoms with Crippen LogP contribution in [0.1, 0.15) is 29.5 Å². The molecule has 3 heterocycles. The molecule has 0 radical (unpaired) electrons. The number of nitrogens with one attached hydrogen (secondary N) is 1. The van der Waals surface area contributed by atoms with E-state index in [0.29, 0.717) is 32.5 Å². The van der Waals surface area contributed by atoms with Crippen LogP contribution in [0, 0.1) is 6.92 Å². The van der Waals surface area contributed by atoms with Crippen molar-refractivity contribution in [1.29, 1.82) is 0 Å². The highest BCUT2D eigenvalue weighted by Crippen LogP contribution is 2.22. The third-order valence-corrected chi connectivity index (χ3v) is 4.50. The first-order valence-corrected chi connectivity index (χ1v) is 8.60. The minimum atomic E-state index is -0.175. The predicted molar refractivity (Wildman–Crippen MR) is 95.3 cm³/mol. The van der Waals surface area contributed by atoms with Crippen LogP contribution in [0.5, 0.6) is 0 Å². The Labute approximate surface area is 148 Å². The molecule has 1 amide bonds. The Balaban J connectivity index is 1.60. The summed E-state index contributed by atoms with van der Waals surface area (Å²) in [7, 11) is 3.74. The van der Waals surface area contributed by atoms with Gasteiger partial charge in [-0.3, -0.25) is 9.48 Å². The van der Waals surface area contributed by atoms with Gasteiger partial charge in [-0.1, -0.05) is 6.07 Å². The molecule has 7 heteroatoms. The average Bonchev–Trinajstić information content (AvgIpc) is 2.97. The first-order valence-electron chi connectivity index (χ1n) is 8.60. The van der Waals surface area contributed by atoms with Gasteiger partial charge < -0.3 is 15.0 Å². The lowest BCUT2D eigenvalue weighted by Crippen LogP contribution is -2.42. The highest BCUT2D eigenvalue weighted by molar-refractivity contribution is 5.76. The van der Waals surface area contributed by atoms with E-state index in [1.807, 2.05) is 50.3 Å². The number of anilines is 1. The zero-order valence-electron chi connectivity index (χ0n) is 15.0. The van der Waals surface area contributed by atoms with Crippen molar-refractivity contribution in [2.24, 2.45) is 7.05 Å². The Morgan fingerprint density at radius 1 is 1.44 bits per heavy atom. The maximum Gasteiger partial charge on any atom is 0.223 e. The molecule has 1 fully saturated rings. The molecular weight excluding hydrogens is 318 g/mol. The van der Waals surface area contributed by atoms with Gasteiger partial charge in [0.1, 0.15) is 11.9 Å². The van der Waals surface area contributed by atoms with Crippen LogP contribution in [0.4, 0.5) is 5.82 Å². The standard InChI is InChI=1S/C18H25N5O2/c1-13-14(11-22(3)21-13)7-8-18(24)23-9-10-25-16(12-23)15-5-4-6-17(19-2)20-15/h4-6,11,16H,7-10,12H2,1-3H3,(H,19,20). The molecular formula is C18H25N5O2. The molecule has 1 N–H and O–H groups in total. The molecule has 0 aromatic carbocycles. The zero-order valence-corrected chi connectivity index (χ0v) is 15.0. The van der Waals surface area contributed by atoms with E-state index in [-0.39, 0.29) is 12.0 Å². The van der Waals surface area contributed by atoms with E-state index in [4.69, 9.17) is 4.74 Å². The molecule has 7 nitrogen and oxygen atoms in total. The molecule has 0 saturated carbocycles. The number of amides is 1. The van der Waals surface area contributed by atoms with Crippen LogP contribution in [0.2, 0.25) is 0 Å². The normalized spacial score (nSPS) is 17.6. The molecule has 3 rings (SSSR count). The van der Waals surface area contributed by atoms with E-state index < -0.39 is 0 Å². The summed E-state index contributed by atoms with van der Waals surface area (Å²) >= 11 is 0. The van der Waals surface area contributed by atoms with Gasteiger partial charge in [0, 0.05) is 33.3 Å². The quantitative estimate of drug-likeness (QED) is 0.895. The number of ether oxygens (including phenoxy) is 1. The fraction of sp³-hybridized carbons (Fsp3) is 0.500. The average molecular weight is 343 g/mol. The van der Waals surface area contributed by atoms with E-state index in [2.05, 4.69) is 15.4 Å². The van der Waals surface area contributed by atoms with Gasteiger partial charge in [0.05, 0.1) is 24.5 Å². The Kier molecular flexibility index (Phi) is 5.33. The summed E-state index contributed by atoms with van der Waals surface area (Å²) in [4.78, 5) is 19.0. The van der Waals surface area contributed by atoms with Gasteiger partial charge in [-0.05, 0) is 31.0 Å². The number of hydrogen-bond donors (Lipinski definition) is 1. The summed E-state index contributed by atoms with van der Waals surface area (Å²) in [6, 6.07) is 5.80.